The fourth-order valence-electron chi connectivity index (χ4n) is 3.90. The molecule has 1 aliphatic heterocycles. The van der Waals surface area contributed by atoms with Gasteiger partial charge in [0.15, 0.2) is 0 Å². The van der Waals surface area contributed by atoms with Crippen LogP contribution in [0.25, 0.3) is 0 Å². The van der Waals surface area contributed by atoms with Gasteiger partial charge in [-0.3, -0.25) is 4.79 Å². The molecule has 1 heterocycles. The Morgan fingerprint density at radius 3 is 2.54 bits per heavy atom. The molecule has 3 aromatic carbocycles. The lowest BCUT2D eigenvalue weighted by atomic mass is 10.0. The second kappa shape index (κ2) is 8.30. The Balaban J connectivity index is 1.45. The van der Waals surface area contributed by atoms with Crippen molar-refractivity contribution in [2.24, 2.45) is 0 Å². The number of anilines is 2. The maximum Gasteiger partial charge on any atom is 0.255 e. The van der Waals surface area contributed by atoms with Gasteiger partial charge < -0.3 is 10.2 Å². The van der Waals surface area contributed by atoms with E-state index in [2.05, 4.69) is 59.6 Å². The Morgan fingerprint density at radius 2 is 1.71 bits per heavy atom. The van der Waals surface area contributed by atoms with Gasteiger partial charge >= 0.3 is 0 Å². The maximum atomic E-state index is 12.6. The monoisotopic (exact) mass is 370 g/mol. The average Bonchev–Trinajstić information content (AvgIpc) is 2.75. The first kappa shape index (κ1) is 18.3. The summed E-state index contributed by atoms with van der Waals surface area (Å²) < 4.78 is 0. The summed E-state index contributed by atoms with van der Waals surface area (Å²) >= 11 is 0. The lowest BCUT2D eigenvalue weighted by Crippen LogP contribution is -2.28. The van der Waals surface area contributed by atoms with Gasteiger partial charge in [0.25, 0.3) is 5.91 Å². The Kier molecular flexibility index (Phi) is 5.43. The summed E-state index contributed by atoms with van der Waals surface area (Å²) in [7, 11) is 0. The summed E-state index contributed by atoms with van der Waals surface area (Å²) in [6, 6.07) is 24.6. The van der Waals surface area contributed by atoms with Crippen LogP contribution in [-0.4, -0.2) is 12.5 Å². The number of carbonyl (C=O) groups excluding carboxylic acids is 1. The minimum absolute atomic E-state index is 0.0595. The number of para-hydroxylation sites is 2. The molecule has 28 heavy (non-hydrogen) atoms. The summed E-state index contributed by atoms with van der Waals surface area (Å²) in [5.74, 6) is -0.0595. The Morgan fingerprint density at radius 1 is 0.964 bits per heavy atom. The summed E-state index contributed by atoms with van der Waals surface area (Å²) in [6.45, 7) is 4.04. The predicted molar refractivity (Wildman–Crippen MR) is 116 cm³/mol. The van der Waals surface area contributed by atoms with Crippen molar-refractivity contribution < 1.29 is 4.79 Å². The number of amides is 1. The highest BCUT2D eigenvalue weighted by Gasteiger charge is 2.16. The van der Waals surface area contributed by atoms with Crippen LogP contribution in [0, 0.1) is 0 Å². The van der Waals surface area contributed by atoms with Crippen molar-refractivity contribution >= 4 is 17.3 Å². The van der Waals surface area contributed by atoms with E-state index in [1.807, 2.05) is 30.3 Å². The van der Waals surface area contributed by atoms with Crippen LogP contribution in [0.5, 0.6) is 0 Å². The second-order valence-electron chi connectivity index (χ2n) is 7.32. The second-order valence-corrected chi connectivity index (χ2v) is 7.32. The molecule has 1 amide bonds. The zero-order chi connectivity index (χ0) is 19.3. The molecule has 1 aliphatic rings. The van der Waals surface area contributed by atoms with E-state index in [-0.39, 0.29) is 5.91 Å². The number of hydrogen-bond acceptors (Lipinski definition) is 2. The van der Waals surface area contributed by atoms with Gasteiger partial charge in [-0.1, -0.05) is 55.5 Å². The highest BCUT2D eigenvalue weighted by Crippen LogP contribution is 2.28. The molecule has 3 heteroatoms. The van der Waals surface area contributed by atoms with Crippen molar-refractivity contribution in [3.63, 3.8) is 0 Å². The topological polar surface area (TPSA) is 32.3 Å². The zero-order valence-corrected chi connectivity index (χ0v) is 16.3. The molecular formula is C25H26N2O. The first-order valence-electron chi connectivity index (χ1n) is 10.1. The van der Waals surface area contributed by atoms with Crippen LogP contribution in [-0.2, 0) is 19.4 Å². The summed E-state index contributed by atoms with van der Waals surface area (Å²) in [6.07, 6.45) is 3.24. The molecule has 0 saturated heterocycles. The molecule has 0 saturated carbocycles. The number of fused-ring (bicyclic) bond motifs is 1. The summed E-state index contributed by atoms with van der Waals surface area (Å²) in [5.41, 5.74) is 6.72. The van der Waals surface area contributed by atoms with Gasteiger partial charge in [0.1, 0.15) is 0 Å². The first-order valence-corrected chi connectivity index (χ1v) is 10.1. The number of carbonyl (C=O) groups is 1. The molecule has 0 unspecified atom stereocenters. The van der Waals surface area contributed by atoms with Gasteiger partial charge in [0.2, 0.25) is 0 Å². The Hall–Kier alpha value is -3.07. The average molecular weight is 370 g/mol. The number of nitrogens with one attached hydrogen (secondary N) is 1. The SMILES string of the molecule is CCc1ccccc1NC(=O)c1ccc(CN2CCCc3ccccc32)cc1. The molecular weight excluding hydrogens is 344 g/mol. The van der Waals surface area contributed by atoms with Gasteiger partial charge in [-0.25, -0.2) is 0 Å². The lowest BCUT2D eigenvalue weighted by Gasteiger charge is -2.31. The minimum Gasteiger partial charge on any atom is -0.367 e. The van der Waals surface area contributed by atoms with Crippen LogP contribution < -0.4 is 10.2 Å². The molecule has 0 aromatic heterocycles. The van der Waals surface area contributed by atoms with Crippen LogP contribution in [0.2, 0.25) is 0 Å². The fourth-order valence-corrected chi connectivity index (χ4v) is 3.90. The van der Waals surface area contributed by atoms with E-state index in [1.165, 1.54) is 23.2 Å². The molecule has 1 N–H and O–H groups in total. The molecule has 3 aromatic rings. The predicted octanol–water partition coefficient (Wildman–Crippen LogP) is 5.45. The molecule has 3 nitrogen and oxygen atoms in total. The van der Waals surface area contributed by atoms with Crippen molar-refractivity contribution in [3.8, 4) is 0 Å². The molecule has 4 rings (SSSR count). The number of aryl methyl sites for hydroxylation is 2. The van der Waals surface area contributed by atoms with Gasteiger partial charge in [-0.15, -0.1) is 0 Å². The first-order chi connectivity index (χ1) is 13.7. The highest BCUT2D eigenvalue weighted by atomic mass is 16.1. The third-order valence-electron chi connectivity index (χ3n) is 5.44. The molecule has 142 valence electrons. The van der Waals surface area contributed by atoms with E-state index in [1.54, 1.807) is 0 Å². The largest absolute Gasteiger partial charge is 0.367 e. The molecule has 0 radical (unpaired) electrons. The van der Waals surface area contributed by atoms with Crippen LogP contribution in [0.1, 0.15) is 40.4 Å². The number of nitrogens with zero attached hydrogens (tertiary/aromatic N) is 1. The van der Waals surface area contributed by atoms with Crippen molar-refractivity contribution in [2.45, 2.75) is 32.7 Å². The van der Waals surface area contributed by atoms with Crippen molar-refractivity contribution in [1.82, 2.24) is 0 Å². The summed E-state index contributed by atoms with van der Waals surface area (Å²) in [4.78, 5) is 15.1. The van der Waals surface area contributed by atoms with Gasteiger partial charge in [-0.2, -0.15) is 0 Å². The van der Waals surface area contributed by atoms with Crippen LogP contribution >= 0.6 is 0 Å². The van der Waals surface area contributed by atoms with Crippen molar-refractivity contribution in [2.75, 3.05) is 16.8 Å². The third-order valence-corrected chi connectivity index (χ3v) is 5.44. The Labute approximate surface area is 167 Å². The minimum atomic E-state index is -0.0595. The quantitative estimate of drug-likeness (QED) is 0.647. The Bertz CT molecular complexity index is 962. The number of rotatable bonds is 5. The van der Waals surface area contributed by atoms with E-state index in [9.17, 15) is 4.79 Å². The number of hydrogen-bond donors (Lipinski definition) is 1. The van der Waals surface area contributed by atoms with Gasteiger partial charge in [0.05, 0.1) is 0 Å². The van der Waals surface area contributed by atoms with E-state index in [0.29, 0.717) is 5.56 Å². The molecule has 0 atom stereocenters. The maximum absolute atomic E-state index is 12.6. The fraction of sp³-hybridized carbons (Fsp3) is 0.240. The lowest BCUT2D eigenvalue weighted by molar-refractivity contribution is 0.102. The normalized spacial score (nSPS) is 13.1. The molecule has 0 aliphatic carbocycles. The molecule has 0 spiro atoms. The van der Waals surface area contributed by atoms with Gasteiger partial charge in [0, 0.05) is 30.0 Å². The van der Waals surface area contributed by atoms with E-state index < -0.39 is 0 Å². The van der Waals surface area contributed by atoms with Crippen molar-refractivity contribution in [3.05, 3.63) is 95.1 Å². The third kappa shape index (κ3) is 3.94. The van der Waals surface area contributed by atoms with E-state index in [0.717, 1.165) is 37.2 Å². The van der Waals surface area contributed by atoms with Crippen LogP contribution in [0.3, 0.4) is 0 Å². The molecule has 0 fully saturated rings. The number of benzene rings is 3. The van der Waals surface area contributed by atoms with E-state index in [4.69, 9.17) is 0 Å². The smallest absolute Gasteiger partial charge is 0.255 e. The standard InChI is InChI=1S/C25H26N2O/c1-2-20-8-3-5-11-23(20)26-25(28)22-15-13-19(14-16-22)18-27-17-7-10-21-9-4-6-12-24(21)27/h3-6,8-9,11-16H,2,7,10,17-18H2,1H3,(H,26,28). The van der Waals surface area contributed by atoms with Crippen LogP contribution in [0.4, 0.5) is 11.4 Å². The van der Waals surface area contributed by atoms with Crippen LogP contribution in [0.15, 0.2) is 72.8 Å². The van der Waals surface area contributed by atoms with E-state index >= 15 is 0 Å². The van der Waals surface area contributed by atoms with Gasteiger partial charge in [-0.05, 0) is 60.2 Å². The summed E-state index contributed by atoms with van der Waals surface area (Å²) in [5, 5.41) is 3.04. The highest BCUT2D eigenvalue weighted by molar-refractivity contribution is 6.04. The molecule has 0 bridgehead atoms. The van der Waals surface area contributed by atoms with Crippen molar-refractivity contribution in [1.29, 1.82) is 0 Å². The zero-order valence-electron chi connectivity index (χ0n) is 16.3.